The Morgan fingerprint density at radius 3 is 1.98 bits per heavy atom. The largest absolute Gasteiger partial charge is 0.363 e. The summed E-state index contributed by atoms with van der Waals surface area (Å²) in [4.78, 5) is 2.49. The molecule has 50 heavy (non-hydrogen) atoms. The van der Waals surface area contributed by atoms with Gasteiger partial charge in [-0.15, -0.1) is 0 Å². The van der Waals surface area contributed by atoms with Crippen molar-refractivity contribution in [3.63, 3.8) is 0 Å². The summed E-state index contributed by atoms with van der Waals surface area (Å²) in [7, 11) is 0. The van der Waals surface area contributed by atoms with Gasteiger partial charge in [0.2, 0.25) is 0 Å². The van der Waals surface area contributed by atoms with Crippen LogP contribution in [0.2, 0.25) is 0 Å². The van der Waals surface area contributed by atoms with Gasteiger partial charge < -0.3 is 10.2 Å². The molecule has 2 heterocycles. The van der Waals surface area contributed by atoms with E-state index in [0.717, 1.165) is 6.42 Å². The van der Waals surface area contributed by atoms with Crippen LogP contribution in [0.15, 0.2) is 164 Å². The van der Waals surface area contributed by atoms with Crippen molar-refractivity contribution in [1.29, 1.82) is 0 Å². The van der Waals surface area contributed by atoms with E-state index in [-0.39, 0.29) is 18.4 Å². The normalized spacial score (nSPS) is 18.3. The van der Waals surface area contributed by atoms with Crippen LogP contribution in [0.25, 0.3) is 66.4 Å². The maximum atomic E-state index is 3.96. The first-order chi connectivity index (χ1) is 24.8. The molecule has 0 spiro atoms. The highest BCUT2D eigenvalue weighted by Gasteiger charge is 2.35. The maximum Gasteiger partial charge on any atom is 0.101 e. The highest BCUT2D eigenvalue weighted by Crippen LogP contribution is 2.57. The Kier molecular flexibility index (Phi) is 6.75. The Bertz CT molecular complexity index is 2440. The highest BCUT2D eigenvalue weighted by molar-refractivity contribution is 6.22. The summed E-state index contributed by atoms with van der Waals surface area (Å²) in [5.74, 6) is 0. The second kappa shape index (κ2) is 11.6. The van der Waals surface area contributed by atoms with Crippen molar-refractivity contribution in [2.45, 2.75) is 31.7 Å². The number of nitrogens with one attached hydrogen (secondary N) is 2. The van der Waals surface area contributed by atoms with E-state index in [9.17, 15) is 0 Å². The first kappa shape index (κ1) is 29.1. The van der Waals surface area contributed by atoms with Gasteiger partial charge in [0.05, 0.1) is 17.4 Å². The number of hydrogen-bond donors (Lipinski definition) is 2. The fraction of sp³-hybridized carbons (Fsp3) is 0.106. The fourth-order valence-electron chi connectivity index (χ4n) is 8.64. The van der Waals surface area contributed by atoms with Crippen LogP contribution in [0.1, 0.15) is 24.9 Å². The monoisotopic (exact) mass is 643 g/mol. The van der Waals surface area contributed by atoms with Gasteiger partial charge in [-0.3, -0.25) is 5.32 Å². The molecule has 2 N–H and O–H groups in total. The lowest BCUT2D eigenvalue weighted by atomic mass is 9.82. The summed E-state index contributed by atoms with van der Waals surface area (Å²) in [6.07, 6.45) is 6.05. The quantitative estimate of drug-likeness (QED) is 0.177. The molecule has 0 bridgehead atoms. The molecule has 1 aliphatic carbocycles. The van der Waals surface area contributed by atoms with Gasteiger partial charge in [0.25, 0.3) is 0 Å². The Morgan fingerprint density at radius 2 is 1.20 bits per heavy atom. The van der Waals surface area contributed by atoms with E-state index in [1.54, 1.807) is 0 Å². The maximum absolute atomic E-state index is 3.96. The molecule has 0 radical (unpaired) electrons. The molecule has 7 aromatic rings. The van der Waals surface area contributed by atoms with Crippen LogP contribution in [-0.4, -0.2) is 12.3 Å². The molecule has 3 aliphatic rings. The molecule has 0 aromatic heterocycles. The molecule has 10 rings (SSSR count). The minimum absolute atomic E-state index is 0.103. The van der Waals surface area contributed by atoms with Gasteiger partial charge in [-0.05, 0) is 109 Å². The topological polar surface area (TPSA) is 27.3 Å². The highest BCUT2D eigenvalue weighted by atomic mass is 15.4. The summed E-state index contributed by atoms with van der Waals surface area (Å²) >= 11 is 0. The molecule has 0 fully saturated rings. The number of benzene rings is 7. The molecule has 0 saturated heterocycles. The first-order valence-corrected chi connectivity index (χ1v) is 17.8. The van der Waals surface area contributed by atoms with Gasteiger partial charge in [0, 0.05) is 0 Å². The number of hydrogen-bond acceptors (Lipinski definition) is 3. The van der Waals surface area contributed by atoms with Crippen LogP contribution in [0.3, 0.4) is 0 Å². The lowest BCUT2D eigenvalue weighted by molar-refractivity contribution is 0.513. The van der Waals surface area contributed by atoms with Crippen molar-refractivity contribution in [3.8, 4) is 55.6 Å². The van der Waals surface area contributed by atoms with Crippen LogP contribution in [-0.2, 0) is 0 Å². The predicted molar refractivity (Wildman–Crippen MR) is 210 cm³/mol. The van der Waals surface area contributed by atoms with E-state index < -0.39 is 0 Å². The van der Waals surface area contributed by atoms with Gasteiger partial charge in [0.1, 0.15) is 12.3 Å². The van der Waals surface area contributed by atoms with E-state index in [1.807, 2.05) is 0 Å². The van der Waals surface area contributed by atoms with Gasteiger partial charge >= 0.3 is 0 Å². The molecular weight excluding hydrogens is 607 g/mol. The van der Waals surface area contributed by atoms with Crippen LogP contribution in [0.5, 0.6) is 0 Å². The molecule has 3 nitrogen and oxygen atoms in total. The van der Waals surface area contributed by atoms with Crippen molar-refractivity contribution in [3.05, 3.63) is 169 Å². The zero-order valence-corrected chi connectivity index (χ0v) is 28.0. The second-order valence-electron chi connectivity index (χ2n) is 13.6. The molecule has 0 saturated carbocycles. The molecule has 3 unspecified atom stereocenters. The summed E-state index contributed by atoms with van der Waals surface area (Å²) in [5, 5.41) is 10.3. The minimum Gasteiger partial charge on any atom is -0.363 e. The van der Waals surface area contributed by atoms with Gasteiger partial charge in [-0.25, -0.2) is 0 Å². The summed E-state index contributed by atoms with van der Waals surface area (Å²) in [6.45, 7) is 2.25. The summed E-state index contributed by atoms with van der Waals surface area (Å²) in [5.41, 5.74) is 16.5. The van der Waals surface area contributed by atoms with Crippen molar-refractivity contribution in [2.24, 2.45) is 0 Å². The van der Waals surface area contributed by atoms with Crippen molar-refractivity contribution >= 4 is 22.1 Å². The average Bonchev–Trinajstić information content (AvgIpc) is 3.91. The molecule has 240 valence electrons. The van der Waals surface area contributed by atoms with Gasteiger partial charge in [-0.1, -0.05) is 140 Å². The Morgan fingerprint density at radius 1 is 0.540 bits per heavy atom. The minimum atomic E-state index is 0.103. The number of nitrogens with zero attached hydrogens (tertiary/aromatic N) is 1. The van der Waals surface area contributed by atoms with Crippen LogP contribution < -0.4 is 15.5 Å². The van der Waals surface area contributed by atoms with Crippen molar-refractivity contribution in [2.75, 3.05) is 10.2 Å². The zero-order valence-electron chi connectivity index (χ0n) is 28.0. The number of rotatable bonds is 6. The molecule has 2 aliphatic heterocycles. The van der Waals surface area contributed by atoms with Crippen LogP contribution >= 0.6 is 0 Å². The summed E-state index contributed by atoms with van der Waals surface area (Å²) < 4.78 is 0. The van der Waals surface area contributed by atoms with Crippen molar-refractivity contribution in [1.82, 2.24) is 5.32 Å². The van der Waals surface area contributed by atoms with Gasteiger partial charge in [0.15, 0.2) is 0 Å². The Labute approximate surface area is 293 Å². The molecule has 7 aromatic carbocycles. The standard InChI is InChI=1S/C47H37N3/c1-2-42-49-40-24-9-10-25-41(40)50(42)43-27-26-39(48-43)34-21-11-20-33(28-34)38-29-37(30-14-5-3-6-15-30)46-35-22-12-18-31-19-13-23-36(44(31)35)47(46)45(38)32-16-7-4-8-17-32/h3-29,39,42-43,48-49H,2H2,1H3. The van der Waals surface area contributed by atoms with Crippen LogP contribution in [0.4, 0.5) is 11.4 Å². The zero-order chi connectivity index (χ0) is 33.2. The van der Waals surface area contributed by atoms with E-state index >= 15 is 0 Å². The van der Waals surface area contributed by atoms with Crippen LogP contribution in [0, 0.1) is 0 Å². The van der Waals surface area contributed by atoms with Gasteiger partial charge in [-0.2, -0.15) is 0 Å². The van der Waals surface area contributed by atoms with E-state index in [0.29, 0.717) is 0 Å². The van der Waals surface area contributed by atoms with Crippen molar-refractivity contribution < 1.29 is 0 Å². The molecular formula is C47H37N3. The Hall–Kier alpha value is -5.90. The fourth-order valence-corrected chi connectivity index (χ4v) is 8.64. The lowest BCUT2D eigenvalue weighted by Crippen LogP contribution is -2.48. The molecule has 0 amide bonds. The molecule has 3 heteroatoms. The second-order valence-corrected chi connectivity index (χ2v) is 13.6. The predicted octanol–water partition coefficient (Wildman–Crippen LogP) is 11.7. The first-order valence-electron chi connectivity index (χ1n) is 17.8. The average molecular weight is 644 g/mol. The Balaban J connectivity index is 1.14. The third kappa shape index (κ3) is 4.47. The third-order valence-electron chi connectivity index (χ3n) is 10.8. The summed E-state index contributed by atoms with van der Waals surface area (Å²) in [6, 6.07) is 55.9. The number of anilines is 2. The lowest BCUT2D eigenvalue weighted by Gasteiger charge is -2.32. The number of para-hydroxylation sites is 2. The molecule has 3 atom stereocenters. The smallest absolute Gasteiger partial charge is 0.101 e. The third-order valence-corrected chi connectivity index (χ3v) is 10.8. The van der Waals surface area contributed by atoms with E-state index in [1.165, 1.54) is 83.3 Å². The van der Waals surface area contributed by atoms with E-state index in [4.69, 9.17) is 0 Å². The number of fused-ring (bicyclic) bond motifs is 4. The SMILES string of the molecule is CCC1Nc2ccccc2N1C1C=CC(c2cccc(-c3cc(-c4ccccc4)c4c(c3-c3ccccc3)-c3cccc5cccc-4c35)c2)N1. The van der Waals surface area contributed by atoms with E-state index in [2.05, 4.69) is 186 Å².